The quantitative estimate of drug-likeness (QED) is 0.119. The van der Waals surface area contributed by atoms with Crippen LogP contribution >= 0.6 is 33.2 Å². The molecule has 16 heteroatoms. The zero-order valence-electron chi connectivity index (χ0n) is 33.5. The van der Waals surface area contributed by atoms with Gasteiger partial charge >= 0.3 is 12.1 Å². The van der Waals surface area contributed by atoms with E-state index in [1.54, 1.807) is 80.7 Å². The molecule has 2 N–H and O–H groups in total. The van der Waals surface area contributed by atoms with Gasteiger partial charge in [0.05, 0.1) is 25.3 Å². The van der Waals surface area contributed by atoms with E-state index in [4.69, 9.17) is 35.3 Å². The van der Waals surface area contributed by atoms with Gasteiger partial charge in [0, 0.05) is 50.6 Å². The lowest BCUT2D eigenvalue weighted by molar-refractivity contribution is -0.162. The number of carbonyl (C=O) groups excluding carboxylic acids is 4. The first-order valence-electron chi connectivity index (χ1n) is 18.7. The lowest BCUT2D eigenvalue weighted by atomic mass is 9.83. The van der Waals surface area contributed by atoms with Crippen molar-refractivity contribution in [3.63, 3.8) is 0 Å². The molecule has 3 aliphatic heterocycles. The molecule has 4 bridgehead atoms. The van der Waals surface area contributed by atoms with Crippen molar-refractivity contribution >= 4 is 62.8 Å². The topological polar surface area (TPSA) is 156 Å². The third kappa shape index (κ3) is 10.5. The number of likely N-dealkylation sites (N-methyl/N-ethyl adjacent to an activating group) is 1. The molecular weight excluding hydrogens is 794 g/mol. The van der Waals surface area contributed by atoms with Crippen LogP contribution in [0.15, 0.2) is 71.2 Å². The van der Waals surface area contributed by atoms with Gasteiger partial charge in [-0.2, -0.15) is 0 Å². The molecule has 0 unspecified atom stereocenters. The molecule has 0 spiro atoms. The van der Waals surface area contributed by atoms with E-state index in [1.807, 2.05) is 43.3 Å². The highest BCUT2D eigenvalue weighted by molar-refractivity contribution is 8.76. The molecule has 3 aliphatic rings. The third-order valence-electron chi connectivity index (χ3n) is 10.8. The van der Waals surface area contributed by atoms with Crippen LogP contribution in [0.1, 0.15) is 52.5 Å². The maximum absolute atomic E-state index is 14.2. The second-order valence-electron chi connectivity index (χ2n) is 14.9. The van der Waals surface area contributed by atoms with E-state index in [1.165, 1.54) is 24.0 Å². The van der Waals surface area contributed by atoms with Crippen molar-refractivity contribution in [3.05, 3.63) is 76.9 Å². The van der Waals surface area contributed by atoms with Gasteiger partial charge in [-0.1, -0.05) is 82.1 Å². The monoisotopic (exact) mass is 845 g/mol. The SMILES string of the molecule is COc1cc2cc(c1Cl)N(C)C(=O)C[C@H](OC(=O)[C@H](C)N(C)C(=O)CCSSc1ccccc1)[C@]1(C)O[C@H]1[C@H](C)[C@@H]1C[C@@](O)(NC(=O)O1)[C@H](OC)/C=C/C=C(/C)C2. The van der Waals surface area contributed by atoms with Crippen LogP contribution in [0.4, 0.5) is 10.5 Å². The number of aliphatic hydroxyl groups is 1. The highest BCUT2D eigenvalue weighted by Gasteiger charge is 2.64. The zero-order valence-corrected chi connectivity index (χ0v) is 35.9. The van der Waals surface area contributed by atoms with Gasteiger partial charge in [-0.25, -0.2) is 9.59 Å². The summed E-state index contributed by atoms with van der Waals surface area (Å²) in [5.74, 6) is -1.02. The van der Waals surface area contributed by atoms with Crippen LogP contribution in [0, 0.1) is 5.92 Å². The molecule has 57 heavy (non-hydrogen) atoms. The number of fused-ring (bicyclic) bond motifs is 5. The number of benzene rings is 2. The fraction of sp³-hybridized carbons (Fsp3) is 0.512. The average molecular weight is 846 g/mol. The van der Waals surface area contributed by atoms with Gasteiger partial charge in [-0.15, -0.1) is 0 Å². The maximum atomic E-state index is 14.2. The average Bonchev–Trinajstić information content (AvgIpc) is 3.88. The number of halogens is 1. The summed E-state index contributed by atoms with van der Waals surface area (Å²) in [6, 6.07) is 12.4. The fourth-order valence-electron chi connectivity index (χ4n) is 7.11. The smallest absolute Gasteiger partial charge is 0.409 e. The van der Waals surface area contributed by atoms with Crippen LogP contribution in [0.3, 0.4) is 0 Å². The number of allylic oxidation sites excluding steroid dienone is 3. The molecule has 13 nitrogen and oxygen atoms in total. The lowest BCUT2D eigenvalue weighted by Gasteiger charge is -2.42. The van der Waals surface area contributed by atoms with E-state index in [0.717, 1.165) is 16.0 Å². The number of epoxide rings is 1. The van der Waals surface area contributed by atoms with Crippen LogP contribution < -0.4 is 15.0 Å². The van der Waals surface area contributed by atoms with E-state index < -0.39 is 65.7 Å². The number of anilines is 1. The summed E-state index contributed by atoms with van der Waals surface area (Å²) in [6.07, 6.45) is 1.13. The maximum Gasteiger partial charge on any atom is 0.409 e. The molecule has 310 valence electrons. The fourth-order valence-corrected chi connectivity index (χ4v) is 9.41. The molecule has 5 rings (SSSR count). The van der Waals surface area contributed by atoms with Gasteiger partial charge in [-0.05, 0) is 57.0 Å². The molecule has 0 aliphatic carbocycles. The summed E-state index contributed by atoms with van der Waals surface area (Å²) in [4.78, 5) is 58.0. The van der Waals surface area contributed by atoms with Crippen LogP contribution in [-0.2, 0) is 39.8 Å². The van der Waals surface area contributed by atoms with Crippen LogP contribution in [0.2, 0.25) is 5.02 Å². The Kier molecular flexibility index (Phi) is 14.7. The number of nitrogens with zero attached hydrogens (tertiary/aromatic N) is 2. The normalized spacial score (nSPS) is 29.8. The highest BCUT2D eigenvalue weighted by Crippen LogP contribution is 2.49. The number of carbonyl (C=O) groups is 4. The van der Waals surface area contributed by atoms with Crippen molar-refractivity contribution in [2.75, 3.05) is 39.0 Å². The Bertz CT molecular complexity index is 1870. The molecule has 8 atom stereocenters. The molecule has 2 saturated heterocycles. The van der Waals surface area contributed by atoms with Gasteiger partial charge in [0.2, 0.25) is 11.8 Å². The van der Waals surface area contributed by atoms with Crippen molar-refractivity contribution in [1.82, 2.24) is 10.2 Å². The predicted molar refractivity (Wildman–Crippen MR) is 220 cm³/mol. The van der Waals surface area contributed by atoms with Crippen molar-refractivity contribution in [2.45, 2.75) is 100 Å². The number of methoxy groups -OCH3 is 2. The van der Waals surface area contributed by atoms with E-state index in [-0.39, 0.29) is 30.2 Å². The standard InChI is InChI=1S/C41H52ClN3O10S2/c1-24-13-12-16-32(52-8)41(50)23-31(53-39(49)43-41)25(2)37-40(4,55-37)33(22-35(47)45(6)29-20-27(19-24)21-30(51-7)36(29)42)54-38(48)26(3)44(5)34(46)17-18-56-57-28-14-10-9-11-15-28/h9-16,20-21,25-26,31-33,37,50H,17-19,22-23H2,1-8H3,(H,43,49)/b16-12+,24-13-/t25-,26+,31+,32-,33+,37+,40+,41+/m1/s1. The molecule has 3 heterocycles. The number of hydrogen-bond donors (Lipinski definition) is 2. The Morgan fingerprint density at radius 2 is 1.91 bits per heavy atom. The van der Waals surface area contributed by atoms with E-state index in [0.29, 0.717) is 23.6 Å². The molecule has 2 aromatic rings. The van der Waals surface area contributed by atoms with E-state index in [9.17, 15) is 24.3 Å². The molecule has 0 aromatic heterocycles. The lowest BCUT2D eigenvalue weighted by Crippen LogP contribution is -2.63. The van der Waals surface area contributed by atoms with Gasteiger partial charge in [-0.3, -0.25) is 14.9 Å². The molecule has 3 amide bonds. The first kappa shape index (κ1) is 44.4. The van der Waals surface area contributed by atoms with Crippen molar-refractivity contribution in [1.29, 1.82) is 0 Å². The minimum absolute atomic E-state index is 0.0519. The second kappa shape index (κ2) is 18.9. The first-order valence-corrected chi connectivity index (χ1v) is 21.4. The Hall–Kier alpha value is -3.73. The largest absolute Gasteiger partial charge is 0.495 e. The number of rotatable bonds is 10. The van der Waals surface area contributed by atoms with Crippen molar-refractivity contribution in [2.24, 2.45) is 5.92 Å². The zero-order chi connectivity index (χ0) is 41.7. The second-order valence-corrected chi connectivity index (χ2v) is 17.7. The van der Waals surface area contributed by atoms with Gasteiger partial charge in [0.25, 0.3) is 0 Å². The van der Waals surface area contributed by atoms with E-state index in [2.05, 4.69) is 5.32 Å². The summed E-state index contributed by atoms with van der Waals surface area (Å²) < 4.78 is 29.3. The first-order chi connectivity index (χ1) is 27.0. The Morgan fingerprint density at radius 1 is 1.19 bits per heavy atom. The third-order valence-corrected chi connectivity index (χ3v) is 13.6. The molecular formula is C41H52ClN3O10S2. The van der Waals surface area contributed by atoms with Crippen molar-refractivity contribution in [3.8, 4) is 5.75 Å². The van der Waals surface area contributed by atoms with Crippen LogP contribution in [-0.4, -0.2) is 110 Å². The number of nitrogens with one attached hydrogen (secondary N) is 1. The summed E-state index contributed by atoms with van der Waals surface area (Å²) in [5.41, 5.74) is -0.922. The van der Waals surface area contributed by atoms with E-state index >= 15 is 0 Å². The number of esters is 1. The minimum atomic E-state index is -1.83. The summed E-state index contributed by atoms with van der Waals surface area (Å²) in [6.45, 7) is 7.03. The highest BCUT2D eigenvalue weighted by atomic mass is 35.5. The van der Waals surface area contributed by atoms with Crippen LogP contribution in [0.25, 0.3) is 0 Å². The summed E-state index contributed by atoms with van der Waals surface area (Å²) in [7, 11) is 9.17. The summed E-state index contributed by atoms with van der Waals surface area (Å²) in [5, 5.41) is 14.5. The summed E-state index contributed by atoms with van der Waals surface area (Å²) >= 11 is 6.78. The van der Waals surface area contributed by atoms with Crippen molar-refractivity contribution < 1.29 is 48.0 Å². The van der Waals surface area contributed by atoms with Gasteiger partial charge in [0.15, 0.2) is 5.72 Å². The van der Waals surface area contributed by atoms with Crippen LogP contribution in [0.5, 0.6) is 5.75 Å². The number of alkyl carbamates (subject to hydrolysis) is 1. The molecule has 2 aromatic carbocycles. The Labute approximate surface area is 347 Å². The Morgan fingerprint density at radius 3 is 2.60 bits per heavy atom. The predicted octanol–water partition coefficient (Wildman–Crippen LogP) is 6.35. The molecule has 0 radical (unpaired) electrons. The Balaban J connectivity index is 1.43. The number of amides is 3. The molecule has 2 fully saturated rings. The number of hydrogen-bond acceptors (Lipinski definition) is 12. The molecule has 0 saturated carbocycles. The van der Waals surface area contributed by atoms with Gasteiger partial charge in [0.1, 0.15) is 40.7 Å². The van der Waals surface area contributed by atoms with Gasteiger partial charge < -0.3 is 38.6 Å². The number of ether oxygens (including phenoxy) is 5. The minimum Gasteiger partial charge on any atom is -0.495 e.